The normalized spacial score (nSPS) is 13.5. The molecule has 0 aliphatic carbocycles. The molecule has 0 fully saturated rings. The van der Waals surface area contributed by atoms with Crippen LogP contribution in [0.15, 0.2) is 29.6 Å². The Balaban J connectivity index is 0.00000144. The Bertz CT molecular complexity index is 778. The van der Waals surface area contributed by atoms with Gasteiger partial charge in [0.05, 0.1) is 6.54 Å². The second-order valence-electron chi connectivity index (χ2n) is 5.17. The number of aromatic nitrogens is 4. The molecule has 0 atom stereocenters. The Morgan fingerprint density at radius 1 is 1.18 bits per heavy atom. The number of aryl methyl sites for hydroxylation is 1. The minimum absolute atomic E-state index is 0. The van der Waals surface area contributed by atoms with Crippen molar-refractivity contribution in [1.29, 1.82) is 0 Å². The Labute approximate surface area is 138 Å². The molecule has 2 aromatic heterocycles. The molecule has 22 heavy (non-hydrogen) atoms. The largest absolute Gasteiger partial charge is 0.308 e. The van der Waals surface area contributed by atoms with Crippen LogP contribution in [0.5, 0.6) is 0 Å². The minimum Gasteiger partial charge on any atom is -0.308 e. The van der Waals surface area contributed by atoms with E-state index in [4.69, 9.17) is 4.98 Å². The summed E-state index contributed by atoms with van der Waals surface area (Å²) in [5.74, 6) is 1.86. The van der Waals surface area contributed by atoms with Crippen molar-refractivity contribution in [3.05, 3.63) is 41.0 Å². The number of nitrogens with one attached hydrogen (secondary N) is 1. The van der Waals surface area contributed by atoms with Gasteiger partial charge >= 0.3 is 0 Å². The lowest BCUT2D eigenvalue weighted by Crippen LogP contribution is -2.28. The van der Waals surface area contributed by atoms with Gasteiger partial charge in [0.1, 0.15) is 16.5 Å². The third-order valence-corrected chi connectivity index (χ3v) is 4.55. The molecule has 0 saturated heterocycles. The Kier molecular flexibility index (Phi) is 4.24. The van der Waals surface area contributed by atoms with Gasteiger partial charge in [-0.15, -0.1) is 33.9 Å². The summed E-state index contributed by atoms with van der Waals surface area (Å²) in [6.07, 6.45) is 0. The van der Waals surface area contributed by atoms with Gasteiger partial charge in [0.2, 0.25) is 0 Å². The summed E-state index contributed by atoms with van der Waals surface area (Å²) in [7, 11) is 0. The van der Waals surface area contributed by atoms with Crippen LogP contribution < -0.4 is 5.32 Å². The molecule has 0 spiro atoms. The van der Waals surface area contributed by atoms with Crippen molar-refractivity contribution in [3.8, 4) is 22.1 Å². The Hall–Kier alpha value is -1.76. The number of nitrogens with zero attached hydrogens (tertiary/aromatic N) is 4. The predicted molar refractivity (Wildman–Crippen MR) is 90.3 cm³/mol. The van der Waals surface area contributed by atoms with Gasteiger partial charge < -0.3 is 9.88 Å². The maximum atomic E-state index is 4.74. The number of hydrogen-bond donors (Lipinski definition) is 1. The SMILES string of the molecule is Cc1ccc(-c2nc(-c3nnc4n3CCNC4)cs2)cc1.Cl. The number of rotatable bonds is 2. The highest BCUT2D eigenvalue weighted by molar-refractivity contribution is 7.13. The van der Waals surface area contributed by atoms with Crippen molar-refractivity contribution >= 4 is 23.7 Å². The maximum Gasteiger partial charge on any atom is 0.183 e. The topological polar surface area (TPSA) is 55.6 Å². The van der Waals surface area contributed by atoms with Crippen molar-refractivity contribution in [2.45, 2.75) is 20.0 Å². The molecule has 1 aliphatic rings. The van der Waals surface area contributed by atoms with Crippen LogP contribution in [0.25, 0.3) is 22.1 Å². The van der Waals surface area contributed by atoms with Gasteiger partial charge in [0, 0.05) is 24.0 Å². The van der Waals surface area contributed by atoms with E-state index in [1.807, 2.05) is 0 Å². The van der Waals surface area contributed by atoms with Crippen LogP contribution in [0.4, 0.5) is 0 Å². The molecule has 5 nitrogen and oxygen atoms in total. The lowest BCUT2D eigenvalue weighted by atomic mass is 10.2. The first-order valence-electron chi connectivity index (χ1n) is 6.97. The molecule has 3 aromatic rings. The average molecular weight is 334 g/mol. The van der Waals surface area contributed by atoms with Gasteiger partial charge in [-0.1, -0.05) is 29.8 Å². The second-order valence-corrected chi connectivity index (χ2v) is 6.03. The van der Waals surface area contributed by atoms with E-state index in [1.54, 1.807) is 11.3 Å². The van der Waals surface area contributed by atoms with Crippen LogP contribution in [0.1, 0.15) is 11.4 Å². The highest BCUT2D eigenvalue weighted by Crippen LogP contribution is 2.28. The summed E-state index contributed by atoms with van der Waals surface area (Å²) in [5, 5.41) is 14.9. The first kappa shape index (κ1) is 15.1. The number of benzene rings is 1. The van der Waals surface area contributed by atoms with Gasteiger partial charge in [-0.3, -0.25) is 0 Å². The molecular formula is C15H16ClN5S. The van der Waals surface area contributed by atoms with Crippen molar-refractivity contribution in [2.75, 3.05) is 6.54 Å². The molecule has 3 heterocycles. The van der Waals surface area contributed by atoms with Crippen LogP contribution in [0.3, 0.4) is 0 Å². The monoisotopic (exact) mass is 333 g/mol. The Morgan fingerprint density at radius 2 is 2.00 bits per heavy atom. The molecule has 1 aliphatic heterocycles. The molecule has 0 radical (unpaired) electrons. The molecule has 4 rings (SSSR count). The van der Waals surface area contributed by atoms with Crippen LogP contribution >= 0.6 is 23.7 Å². The summed E-state index contributed by atoms with van der Waals surface area (Å²) in [5.41, 5.74) is 3.32. The van der Waals surface area contributed by atoms with E-state index in [9.17, 15) is 0 Å². The van der Waals surface area contributed by atoms with Crippen LogP contribution in [-0.4, -0.2) is 26.3 Å². The third kappa shape index (κ3) is 2.65. The third-order valence-electron chi connectivity index (χ3n) is 3.65. The standard InChI is InChI=1S/C15H15N5S.ClH/c1-10-2-4-11(5-3-10)15-17-12(9-21-15)14-19-18-13-8-16-6-7-20(13)14;/h2-5,9,16H,6-8H2,1H3;1H. The molecule has 0 amide bonds. The molecule has 114 valence electrons. The molecule has 0 saturated carbocycles. The van der Waals surface area contributed by atoms with E-state index in [0.29, 0.717) is 0 Å². The summed E-state index contributed by atoms with van der Waals surface area (Å²) in [6.45, 7) is 4.72. The predicted octanol–water partition coefficient (Wildman–Crippen LogP) is 2.90. The van der Waals surface area contributed by atoms with Crippen molar-refractivity contribution in [3.63, 3.8) is 0 Å². The van der Waals surface area contributed by atoms with Gasteiger partial charge in [-0.2, -0.15) is 0 Å². The zero-order chi connectivity index (χ0) is 14.2. The van der Waals surface area contributed by atoms with E-state index in [2.05, 4.69) is 56.7 Å². The summed E-state index contributed by atoms with van der Waals surface area (Å²) < 4.78 is 2.16. The zero-order valence-electron chi connectivity index (χ0n) is 12.1. The zero-order valence-corrected chi connectivity index (χ0v) is 13.7. The fourth-order valence-electron chi connectivity index (χ4n) is 2.49. The second kappa shape index (κ2) is 6.16. The highest BCUT2D eigenvalue weighted by Gasteiger charge is 2.18. The number of halogens is 1. The molecule has 0 unspecified atom stereocenters. The molecule has 1 N–H and O–H groups in total. The molecule has 0 bridgehead atoms. The van der Waals surface area contributed by atoms with Gasteiger partial charge in [0.15, 0.2) is 5.82 Å². The van der Waals surface area contributed by atoms with E-state index in [-0.39, 0.29) is 12.4 Å². The lowest BCUT2D eigenvalue weighted by molar-refractivity contribution is 0.508. The van der Waals surface area contributed by atoms with E-state index in [0.717, 1.165) is 47.5 Å². The van der Waals surface area contributed by atoms with E-state index < -0.39 is 0 Å². The first-order valence-corrected chi connectivity index (χ1v) is 7.85. The molecule has 7 heteroatoms. The molecular weight excluding hydrogens is 318 g/mol. The summed E-state index contributed by atoms with van der Waals surface area (Å²) >= 11 is 1.65. The van der Waals surface area contributed by atoms with Crippen LogP contribution in [0.2, 0.25) is 0 Å². The smallest absolute Gasteiger partial charge is 0.183 e. The van der Waals surface area contributed by atoms with Gasteiger partial charge in [0.25, 0.3) is 0 Å². The van der Waals surface area contributed by atoms with Gasteiger partial charge in [-0.25, -0.2) is 4.98 Å². The molecule has 1 aromatic carbocycles. The minimum atomic E-state index is 0. The maximum absolute atomic E-state index is 4.74. The summed E-state index contributed by atoms with van der Waals surface area (Å²) in [4.78, 5) is 4.74. The van der Waals surface area contributed by atoms with Crippen LogP contribution in [-0.2, 0) is 13.1 Å². The Morgan fingerprint density at radius 3 is 2.82 bits per heavy atom. The quantitative estimate of drug-likeness (QED) is 0.783. The first-order chi connectivity index (χ1) is 10.3. The van der Waals surface area contributed by atoms with E-state index >= 15 is 0 Å². The van der Waals surface area contributed by atoms with Crippen molar-refractivity contribution in [2.24, 2.45) is 0 Å². The van der Waals surface area contributed by atoms with Gasteiger partial charge in [-0.05, 0) is 6.92 Å². The highest BCUT2D eigenvalue weighted by atomic mass is 35.5. The lowest BCUT2D eigenvalue weighted by Gasteiger charge is -2.15. The number of hydrogen-bond acceptors (Lipinski definition) is 5. The fraction of sp³-hybridized carbons (Fsp3) is 0.267. The summed E-state index contributed by atoms with van der Waals surface area (Å²) in [6, 6.07) is 8.45. The van der Waals surface area contributed by atoms with Crippen molar-refractivity contribution in [1.82, 2.24) is 25.1 Å². The average Bonchev–Trinajstić information content (AvgIpc) is 3.14. The fourth-order valence-corrected chi connectivity index (χ4v) is 3.29. The number of fused-ring (bicyclic) bond motifs is 1. The van der Waals surface area contributed by atoms with Crippen LogP contribution in [0, 0.1) is 6.92 Å². The number of thiazole rings is 1. The van der Waals surface area contributed by atoms with E-state index in [1.165, 1.54) is 5.56 Å². The van der Waals surface area contributed by atoms with Crippen molar-refractivity contribution < 1.29 is 0 Å².